The Bertz CT molecular complexity index is 846. The largest absolute Gasteiger partial charge is 0.356 e. The number of piperidine rings is 1. The predicted octanol–water partition coefficient (Wildman–Crippen LogP) is 7.06. The zero-order chi connectivity index (χ0) is 17.9. The minimum Gasteiger partial charge on any atom is -0.356 e. The van der Waals surface area contributed by atoms with Crippen LogP contribution >= 0.6 is 11.6 Å². The van der Waals surface area contributed by atoms with E-state index < -0.39 is 0 Å². The van der Waals surface area contributed by atoms with E-state index in [1.807, 2.05) is 12.1 Å². The maximum atomic E-state index is 6.67. The molecule has 3 atom stereocenters. The SMILES string of the molecule is CC1CCC(c2ccccc2)N(c2ccccc2Cl)C1c1ccccc1. The molecule has 1 fully saturated rings. The number of rotatable bonds is 3. The van der Waals surface area contributed by atoms with E-state index >= 15 is 0 Å². The third-order valence-electron chi connectivity index (χ3n) is 5.53. The number of halogens is 1. The van der Waals surface area contributed by atoms with E-state index in [9.17, 15) is 0 Å². The molecule has 0 saturated carbocycles. The van der Waals surface area contributed by atoms with Gasteiger partial charge in [0.15, 0.2) is 0 Å². The Morgan fingerprint density at radius 2 is 1.31 bits per heavy atom. The Hall–Kier alpha value is -2.25. The van der Waals surface area contributed by atoms with Crippen LogP contribution in [0, 0.1) is 5.92 Å². The van der Waals surface area contributed by atoms with Gasteiger partial charge in [0, 0.05) is 0 Å². The Kier molecular flexibility index (Phi) is 4.99. The molecule has 3 unspecified atom stereocenters. The van der Waals surface area contributed by atoms with Crippen LogP contribution < -0.4 is 4.90 Å². The van der Waals surface area contributed by atoms with Gasteiger partial charge in [-0.25, -0.2) is 0 Å². The van der Waals surface area contributed by atoms with Gasteiger partial charge in [-0.2, -0.15) is 0 Å². The van der Waals surface area contributed by atoms with Gasteiger partial charge in [-0.1, -0.05) is 91.3 Å². The van der Waals surface area contributed by atoms with Crippen molar-refractivity contribution in [1.29, 1.82) is 0 Å². The minimum absolute atomic E-state index is 0.315. The van der Waals surface area contributed by atoms with Crippen molar-refractivity contribution in [3.63, 3.8) is 0 Å². The van der Waals surface area contributed by atoms with Crippen LogP contribution in [0.1, 0.15) is 43.0 Å². The summed E-state index contributed by atoms with van der Waals surface area (Å²) in [5.74, 6) is 0.564. The van der Waals surface area contributed by atoms with Crippen LogP contribution in [0.2, 0.25) is 5.02 Å². The summed E-state index contributed by atoms with van der Waals surface area (Å²) < 4.78 is 0. The molecule has 0 bridgehead atoms. The van der Waals surface area contributed by atoms with Crippen LogP contribution in [-0.4, -0.2) is 0 Å². The molecular formula is C24H24ClN. The van der Waals surface area contributed by atoms with Crippen molar-refractivity contribution in [2.24, 2.45) is 5.92 Å². The lowest BCUT2D eigenvalue weighted by Crippen LogP contribution is -2.40. The number of para-hydroxylation sites is 1. The van der Waals surface area contributed by atoms with Crippen molar-refractivity contribution in [2.45, 2.75) is 31.8 Å². The first-order valence-corrected chi connectivity index (χ1v) is 9.76. The molecular weight excluding hydrogens is 338 g/mol. The first-order chi connectivity index (χ1) is 12.8. The van der Waals surface area contributed by atoms with Crippen molar-refractivity contribution in [2.75, 3.05) is 4.90 Å². The monoisotopic (exact) mass is 361 g/mol. The van der Waals surface area contributed by atoms with Gasteiger partial charge in [0.1, 0.15) is 0 Å². The lowest BCUT2D eigenvalue weighted by Gasteiger charge is -2.48. The molecule has 0 spiro atoms. The molecule has 26 heavy (non-hydrogen) atoms. The van der Waals surface area contributed by atoms with E-state index in [0.29, 0.717) is 18.0 Å². The van der Waals surface area contributed by atoms with E-state index in [1.54, 1.807) is 0 Å². The van der Waals surface area contributed by atoms with E-state index in [1.165, 1.54) is 17.5 Å². The first-order valence-electron chi connectivity index (χ1n) is 9.38. The highest BCUT2D eigenvalue weighted by molar-refractivity contribution is 6.33. The summed E-state index contributed by atoms with van der Waals surface area (Å²) >= 11 is 6.67. The van der Waals surface area contributed by atoms with Crippen LogP contribution in [0.3, 0.4) is 0 Å². The molecule has 1 nitrogen and oxygen atoms in total. The average molecular weight is 362 g/mol. The van der Waals surface area contributed by atoms with Crippen LogP contribution in [0.15, 0.2) is 84.9 Å². The molecule has 3 aromatic carbocycles. The molecule has 0 radical (unpaired) electrons. The predicted molar refractivity (Wildman–Crippen MR) is 111 cm³/mol. The van der Waals surface area contributed by atoms with Gasteiger partial charge in [0.25, 0.3) is 0 Å². The van der Waals surface area contributed by atoms with Gasteiger partial charge in [-0.05, 0) is 42.0 Å². The molecule has 1 aliphatic heterocycles. The molecule has 1 aliphatic rings. The summed E-state index contributed by atoms with van der Waals surface area (Å²) in [5, 5.41) is 0.823. The molecule has 1 heterocycles. The molecule has 4 rings (SSSR count). The Balaban J connectivity index is 1.86. The second-order valence-electron chi connectivity index (χ2n) is 7.20. The molecule has 0 amide bonds. The lowest BCUT2D eigenvalue weighted by atomic mass is 9.80. The fourth-order valence-corrected chi connectivity index (χ4v) is 4.54. The maximum absolute atomic E-state index is 6.67. The van der Waals surface area contributed by atoms with Crippen molar-refractivity contribution in [3.8, 4) is 0 Å². The Morgan fingerprint density at radius 1 is 0.731 bits per heavy atom. The summed E-state index contributed by atoms with van der Waals surface area (Å²) in [6, 6.07) is 30.6. The number of benzene rings is 3. The van der Waals surface area contributed by atoms with Gasteiger partial charge < -0.3 is 4.90 Å². The summed E-state index contributed by atoms with van der Waals surface area (Å²) in [6.07, 6.45) is 2.35. The van der Waals surface area contributed by atoms with Crippen molar-refractivity contribution in [1.82, 2.24) is 0 Å². The maximum Gasteiger partial charge on any atom is 0.0639 e. The van der Waals surface area contributed by atoms with E-state index in [0.717, 1.165) is 17.1 Å². The van der Waals surface area contributed by atoms with Crippen molar-refractivity contribution in [3.05, 3.63) is 101 Å². The lowest BCUT2D eigenvalue weighted by molar-refractivity contribution is 0.301. The van der Waals surface area contributed by atoms with Crippen LogP contribution in [0.25, 0.3) is 0 Å². The van der Waals surface area contributed by atoms with E-state index in [-0.39, 0.29) is 0 Å². The standard InChI is InChI=1S/C24H24ClN/c1-18-16-17-22(19-10-4-2-5-11-19)26(23-15-9-8-14-21(23)25)24(18)20-12-6-3-7-13-20/h2-15,18,22,24H,16-17H2,1H3. The molecule has 1 saturated heterocycles. The minimum atomic E-state index is 0.315. The van der Waals surface area contributed by atoms with Gasteiger partial charge in [0.05, 0.1) is 22.8 Å². The van der Waals surface area contributed by atoms with Crippen molar-refractivity contribution >= 4 is 17.3 Å². The van der Waals surface area contributed by atoms with Crippen molar-refractivity contribution < 1.29 is 0 Å². The number of hydrogen-bond donors (Lipinski definition) is 0. The quantitative estimate of drug-likeness (QED) is 0.482. The summed E-state index contributed by atoms with van der Waals surface area (Å²) in [4.78, 5) is 2.56. The Morgan fingerprint density at radius 3 is 1.96 bits per heavy atom. The normalized spacial score (nSPS) is 23.0. The smallest absolute Gasteiger partial charge is 0.0639 e. The topological polar surface area (TPSA) is 3.24 Å². The third-order valence-corrected chi connectivity index (χ3v) is 5.85. The average Bonchev–Trinajstić information content (AvgIpc) is 2.69. The second kappa shape index (κ2) is 7.55. The zero-order valence-corrected chi connectivity index (χ0v) is 15.8. The molecule has 0 N–H and O–H groups in total. The third kappa shape index (κ3) is 3.24. The number of anilines is 1. The van der Waals surface area contributed by atoms with Gasteiger partial charge in [-0.15, -0.1) is 0 Å². The fourth-order valence-electron chi connectivity index (χ4n) is 4.31. The molecule has 2 heteroatoms. The van der Waals surface area contributed by atoms with Gasteiger partial charge in [0.2, 0.25) is 0 Å². The van der Waals surface area contributed by atoms with Gasteiger partial charge >= 0.3 is 0 Å². The van der Waals surface area contributed by atoms with Crippen LogP contribution in [0.5, 0.6) is 0 Å². The molecule has 132 valence electrons. The highest BCUT2D eigenvalue weighted by Crippen LogP contribution is 2.48. The van der Waals surface area contributed by atoms with Crippen LogP contribution in [0.4, 0.5) is 5.69 Å². The van der Waals surface area contributed by atoms with E-state index in [4.69, 9.17) is 11.6 Å². The zero-order valence-electron chi connectivity index (χ0n) is 15.1. The van der Waals surface area contributed by atoms with E-state index in [2.05, 4.69) is 84.6 Å². The second-order valence-corrected chi connectivity index (χ2v) is 7.60. The number of nitrogens with zero attached hydrogens (tertiary/aromatic N) is 1. The summed E-state index contributed by atoms with van der Waals surface area (Å²) in [5.41, 5.74) is 3.85. The molecule has 3 aromatic rings. The first kappa shape index (κ1) is 17.2. The number of hydrogen-bond acceptors (Lipinski definition) is 1. The highest BCUT2D eigenvalue weighted by Gasteiger charge is 2.37. The summed E-state index contributed by atoms with van der Waals surface area (Å²) in [6.45, 7) is 2.36. The van der Waals surface area contributed by atoms with Crippen LogP contribution in [-0.2, 0) is 0 Å². The Labute approximate surface area is 161 Å². The molecule has 0 aromatic heterocycles. The van der Waals surface area contributed by atoms with Gasteiger partial charge in [-0.3, -0.25) is 0 Å². The highest BCUT2D eigenvalue weighted by atomic mass is 35.5. The molecule has 0 aliphatic carbocycles. The fraction of sp³-hybridized carbons (Fsp3) is 0.250. The summed E-state index contributed by atoms with van der Waals surface area (Å²) in [7, 11) is 0.